The van der Waals surface area contributed by atoms with Gasteiger partial charge >= 0.3 is 6.36 Å². The third-order valence-electron chi connectivity index (χ3n) is 4.69. The third-order valence-corrected chi connectivity index (χ3v) is 4.69. The van der Waals surface area contributed by atoms with Crippen molar-refractivity contribution in [2.24, 2.45) is 0 Å². The van der Waals surface area contributed by atoms with Crippen LogP contribution in [-0.4, -0.2) is 51.7 Å². The maximum atomic E-state index is 12.5. The molecule has 1 atom stereocenters. The van der Waals surface area contributed by atoms with Crippen LogP contribution in [0.1, 0.15) is 17.2 Å². The molecule has 0 amide bonds. The highest BCUT2D eigenvalue weighted by molar-refractivity contribution is 5.51. The summed E-state index contributed by atoms with van der Waals surface area (Å²) in [6, 6.07) is 11.3. The van der Waals surface area contributed by atoms with E-state index >= 15 is 0 Å². The molecule has 1 N–H and O–H groups in total. The van der Waals surface area contributed by atoms with Crippen LogP contribution >= 0.6 is 0 Å². The second kappa shape index (κ2) is 8.70. The molecule has 8 heteroatoms. The Morgan fingerprint density at radius 3 is 2.00 bits per heavy atom. The van der Waals surface area contributed by atoms with E-state index in [1.807, 2.05) is 18.2 Å². The van der Waals surface area contributed by atoms with Crippen molar-refractivity contribution in [3.05, 3.63) is 53.6 Å². The number of alkyl halides is 3. The Bertz CT molecular complexity index is 753. The summed E-state index contributed by atoms with van der Waals surface area (Å²) in [6.45, 7) is 3.21. The van der Waals surface area contributed by atoms with Gasteiger partial charge in [0.2, 0.25) is 0 Å². The zero-order valence-electron chi connectivity index (χ0n) is 15.8. The number of hydrogen-bond donors (Lipinski definition) is 1. The molecule has 1 aliphatic heterocycles. The zero-order chi connectivity index (χ0) is 20.1. The van der Waals surface area contributed by atoms with Gasteiger partial charge in [0.1, 0.15) is 17.2 Å². The van der Waals surface area contributed by atoms with E-state index in [4.69, 9.17) is 9.47 Å². The van der Waals surface area contributed by atoms with Gasteiger partial charge in [0.05, 0.1) is 25.8 Å². The molecular weight excluding hydrogens is 373 g/mol. The lowest BCUT2D eigenvalue weighted by atomic mass is 9.94. The number of ether oxygens (including phenoxy) is 3. The van der Waals surface area contributed by atoms with Crippen LogP contribution in [0.2, 0.25) is 0 Å². The lowest BCUT2D eigenvalue weighted by molar-refractivity contribution is -0.274. The summed E-state index contributed by atoms with van der Waals surface area (Å²) < 4.78 is 52.6. The first-order valence-corrected chi connectivity index (χ1v) is 8.94. The van der Waals surface area contributed by atoms with E-state index in [-0.39, 0.29) is 11.8 Å². The first-order chi connectivity index (χ1) is 13.4. The number of halogens is 3. The zero-order valence-corrected chi connectivity index (χ0v) is 15.8. The minimum atomic E-state index is -4.72. The van der Waals surface area contributed by atoms with E-state index < -0.39 is 6.36 Å². The molecule has 0 bridgehead atoms. The normalized spacial score (nSPS) is 16.5. The van der Waals surface area contributed by atoms with Crippen LogP contribution in [0, 0.1) is 0 Å². The van der Waals surface area contributed by atoms with Crippen LogP contribution in [0.3, 0.4) is 0 Å². The number of piperazine rings is 1. The maximum Gasteiger partial charge on any atom is 0.573 e. The third kappa shape index (κ3) is 4.69. The molecule has 2 aromatic carbocycles. The summed E-state index contributed by atoms with van der Waals surface area (Å²) in [4.78, 5) is 2.26. The fourth-order valence-corrected chi connectivity index (χ4v) is 3.50. The van der Waals surface area contributed by atoms with Gasteiger partial charge in [0.25, 0.3) is 0 Å². The molecule has 1 aliphatic rings. The molecule has 0 radical (unpaired) electrons. The fraction of sp³-hybridized carbons (Fsp3) is 0.400. The van der Waals surface area contributed by atoms with Crippen LogP contribution in [0.15, 0.2) is 42.5 Å². The minimum Gasteiger partial charge on any atom is -0.496 e. The minimum absolute atomic E-state index is 0.229. The average Bonchev–Trinajstić information content (AvgIpc) is 2.69. The molecule has 1 heterocycles. The van der Waals surface area contributed by atoms with Gasteiger partial charge in [-0.25, -0.2) is 0 Å². The Morgan fingerprint density at radius 1 is 0.929 bits per heavy atom. The summed E-state index contributed by atoms with van der Waals surface area (Å²) >= 11 is 0. The fourth-order valence-electron chi connectivity index (χ4n) is 3.50. The smallest absolute Gasteiger partial charge is 0.496 e. The molecule has 0 unspecified atom stereocenters. The molecule has 5 nitrogen and oxygen atoms in total. The molecule has 3 rings (SSSR count). The topological polar surface area (TPSA) is 43.0 Å². The van der Waals surface area contributed by atoms with Gasteiger partial charge in [-0.3, -0.25) is 4.90 Å². The lowest BCUT2D eigenvalue weighted by Gasteiger charge is -2.36. The predicted molar refractivity (Wildman–Crippen MR) is 99.0 cm³/mol. The van der Waals surface area contributed by atoms with Crippen molar-refractivity contribution in [2.75, 3.05) is 40.4 Å². The van der Waals surface area contributed by atoms with Crippen molar-refractivity contribution < 1.29 is 27.4 Å². The Morgan fingerprint density at radius 2 is 1.50 bits per heavy atom. The van der Waals surface area contributed by atoms with Crippen LogP contribution in [0.5, 0.6) is 17.2 Å². The largest absolute Gasteiger partial charge is 0.573 e. The monoisotopic (exact) mass is 396 g/mol. The molecule has 0 spiro atoms. The van der Waals surface area contributed by atoms with Crippen molar-refractivity contribution in [3.8, 4) is 17.2 Å². The number of nitrogens with one attached hydrogen (secondary N) is 1. The molecule has 1 saturated heterocycles. The predicted octanol–water partition coefficient (Wildman–Crippen LogP) is 3.60. The number of rotatable bonds is 6. The molecule has 2 aromatic rings. The quantitative estimate of drug-likeness (QED) is 0.808. The molecule has 0 aliphatic carbocycles. The Balaban J connectivity index is 2.04. The van der Waals surface area contributed by atoms with Gasteiger partial charge in [-0.1, -0.05) is 18.2 Å². The standard InChI is InChI=1S/C20H23F3N2O3/c1-26-16-4-3-5-17(27-2)18(16)19(25-12-10-24-11-13-25)14-6-8-15(9-7-14)28-20(21,22)23/h3-9,19,24H,10-13H2,1-2H3/t19-/m0/s1. The number of hydrogen-bond acceptors (Lipinski definition) is 5. The molecule has 0 saturated carbocycles. The van der Waals surface area contributed by atoms with Crippen LogP contribution in [0.4, 0.5) is 13.2 Å². The van der Waals surface area contributed by atoms with Gasteiger partial charge < -0.3 is 19.5 Å². The Labute approximate surface area is 162 Å². The SMILES string of the molecule is COc1cccc(OC)c1[C@H](c1ccc(OC(F)(F)F)cc1)N1CCNCC1. The average molecular weight is 396 g/mol. The van der Waals surface area contributed by atoms with Crippen LogP contribution in [-0.2, 0) is 0 Å². The summed E-state index contributed by atoms with van der Waals surface area (Å²) in [7, 11) is 3.18. The van der Waals surface area contributed by atoms with E-state index in [0.29, 0.717) is 11.5 Å². The molecule has 28 heavy (non-hydrogen) atoms. The van der Waals surface area contributed by atoms with E-state index in [0.717, 1.165) is 37.3 Å². The Hall–Kier alpha value is -2.45. The lowest BCUT2D eigenvalue weighted by Crippen LogP contribution is -2.45. The highest BCUT2D eigenvalue weighted by atomic mass is 19.4. The number of nitrogens with zero attached hydrogens (tertiary/aromatic N) is 1. The highest BCUT2D eigenvalue weighted by Crippen LogP contribution is 2.41. The van der Waals surface area contributed by atoms with Crippen molar-refractivity contribution in [1.29, 1.82) is 0 Å². The van der Waals surface area contributed by atoms with Crippen molar-refractivity contribution in [1.82, 2.24) is 10.2 Å². The molecule has 152 valence electrons. The van der Waals surface area contributed by atoms with Gasteiger partial charge in [-0.2, -0.15) is 0 Å². The Kier molecular flexibility index (Phi) is 6.31. The maximum absolute atomic E-state index is 12.5. The van der Waals surface area contributed by atoms with Crippen molar-refractivity contribution in [2.45, 2.75) is 12.4 Å². The first kappa shape index (κ1) is 20.3. The van der Waals surface area contributed by atoms with Crippen LogP contribution in [0.25, 0.3) is 0 Å². The van der Waals surface area contributed by atoms with E-state index in [1.54, 1.807) is 26.4 Å². The highest BCUT2D eigenvalue weighted by Gasteiger charge is 2.32. The van der Waals surface area contributed by atoms with E-state index in [2.05, 4.69) is 15.0 Å². The second-order valence-electron chi connectivity index (χ2n) is 6.38. The van der Waals surface area contributed by atoms with Gasteiger partial charge in [0, 0.05) is 26.2 Å². The molecule has 0 aromatic heterocycles. The van der Waals surface area contributed by atoms with Crippen molar-refractivity contribution >= 4 is 0 Å². The second-order valence-corrected chi connectivity index (χ2v) is 6.38. The summed E-state index contributed by atoms with van der Waals surface area (Å²) in [6.07, 6.45) is -4.72. The van der Waals surface area contributed by atoms with Gasteiger partial charge in [-0.05, 0) is 29.8 Å². The molecule has 1 fully saturated rings. The summed E-state index contributed by atoms with van der Waals surface area (Å²) in [5.74, 6) is 1.08. The molecular formula is C20H23F3N2O3. The summed E-state index contributed by atoms with van der Waals surface area (Å²) in [5, 5.41) is 3.32. The van der Waals surface area contributed by atoms with Gasteiger partial charge in [0.15, 0.2) is 0 Å². The van der Waals surface area contributed by atoms with Gasteiger partial charge in [-0.15, -0.1) is 13.2 Å². The van der Waals surface area contributed by atoms with E-state index in [9.17, 15) is 13.2 Å². The number of methoxy groups -OCH3 is 2. The van der Waals surface area contributed by atoms with Crippen molar-refractivity contribution in [3.63, 3.8) is 0 Å². The van der Waals surface area contributed by atoms with E-state index in [1.165, 1.54) is 12.1 Å². The summed E-state index contributed by atoms with van der Waals surface area (Å²) in [5.41, 5.74) is 1.68. The first-order valence-electron chi connectivity index (χ1n) is 8.94. The van der Waals surface area contributed by atoms with Crippen LogP contribution < -0.4 is 19.5 Å². The number of benzene rings is 2.